The van der Waals surface area contributed by atoms with Crippen molar-refractivity contribution in [2.75, 3.05) is 26.7 Å². The Labute approximate surface area is 189 Å². The quantitative estimate of drug-likeness (QED) is 0.637. The molecule has 2 heterocycles. The van der Waals surface area contributed by atoms with Crippen LogP contribution in [0.3, 0.4) is 0 Å². The third-order valence-corrected chi connectivity index (χ3v) is 6.08. The van der Waals surface area contributed by atoms with Crippen molar-refractivity contribution in [2.45, 2.75) is 20.3 Å². The fraction of sp³-hybridized carbons (Fsp3) is 0.346. The lowest BCUT2D eigenvalue weighted by Crippen LogP contribution is -2.37. The van der Waals surface area contributed by atoms with Gasteiger partial charge in [0.2, 0.25) is 5.91 Å². The van der Waals surface area contributed by atoms with Gasteiger partial charge in [0.25, 0.3) is 5.91 Å². The van der Waals surface area contributed by atoms with Gasteiger partial charge in [-0.05, 0) is 43.0 Å². The first-order valence-electron chi connectivity index (χ1n) is 11.0. The van der Waals surface area contributed by atoms with E-state index in [0.717, 1.165) is 11.1 Å². The van der Waals surface area contributed by atoms with Crippen LogP contribution >= 0.6 is 0 Å². The van der Waals surface area contributed by atoms with E-state index in [1.54, 1.807) is 33.8 Å². The van der Waals surface area contributed by atoms with Crippen molar-refractivity contribution >= 4 is 11.8 Å². The Morgan fingerprint density at radius 3 is 2.28 bits per heavy atom. The van der Waals surface area contributed by atoms with Crippen LogP contribution in [0, 0.1) is 19.8 Å². The van der Waals surface area contributed by atoms with Crippen LogP contribution in [0.1, 0.15) is 27.2 Å². The Balaban J connectivity index is 1.52. The molecule has 0 spiro atoms. The van der Waals surface area contributed by atoms with Gasteiger partial charge >= 0.3 is 0 Å². The summed E-state index contributed by atoms with van der Waals surface area (Å²) in [4.78, 5) is 29.4. The molecule has 0 radical (unpaired) electrons. The van der Waals surface area contributed by atoms with E-state index in [4.69, 9.17) is 0 Å². The molecule has 1 aromatic heterocycles. The van der Waals surface area contributed by atoms with E-state index in [1.807, 2.05) is 7.05 Å². The van der Waals surface area contributed by atoms with Gasteiger partial charge in [0.05, 0.1) is 5.92 Å². The van der Waals surface area contributed by atoms with Crippen LogP contribution in [0.15, 0.2) is 54.7 Å². The Bertz CT molecular complexity index is 1110. The molecule has 1 aliphatic rings. The molecular formula is C26H30N4O2. The fourth-order valence-corrected chi connectivity index (χ4v) is 4.41. The van der Waals surface area contributed by atoms with E-state index in [9.17, 15) is 9.59 Å². The Hall–Kier alpha value is -3.41. The number of hydrogen-bond donors (Lipinski definition) is 0. The molecule has 2 aromatic carbocycles. The van der Waals surface area contributed by atoms with Crippen LogP contribution in [0.4, 0.5) is 0 Å². The van der Waals surface area contributed by atoms with Crippen LogP contribution in [0.2, 0.25) is 0 Å². The van der Waals surface area contributed by atoms with E-state index in [2.05, 4.69) is 61.4 Å². The van der Waals surface area contributed by atoms with E-state index in [1.165, 1.54) is 16.7 Å². The monoisotopic (exact) mass is 430 g/mol. The van der Waals surface area contributed by atoms with Crippen molar-refractivity contribution in [1.82, 2.24) is 19.6 Å². The number of benzene rings is 2. The summed E-state index contributed by atoms with van der Waals surface area (Å²) in [5.41, 5.74) is 6.36. The van der Waals surface area contributed by atoms with E-state index in [0.29, 0.717) is 31.7 Å². The number of aromatic nitrogens is 2. The molecule has 0 N–H and O–H groups in total. The fourth-order valence-electron chi connectivity index (χ4n) is 4.41. The standard InChI is InChI=1S/C26H30N4O2/c1-18-13-19(2)15-22(14-18)21-7-5-20(6-8-21)16-23-17-30(12-11-28(3)25(23)31)26(32)24-9-10-29(4)27-24/h5-10,13-15,23H,11-12,16-17H2,1-4H3/t23-/m1/s1. The first kappa shape index (κ1) is 21.8. The van der Waals surface area contributed by atoms with Crippen LogP contribution in [-0.2, 0) is 18.3 Å². The molecule has 6 nitrogen and oxygen atoms in total. The zero-order chi connectivity index (χ0) is 22.8. The number of carbonyl (C=O) groups excluding carboxylic acids is 2. The molecule has 32 heavy (non-hydrogen) atoms. The minimum atomic E-state index is -0.276. The van der Waals surface area contributed by atoms with Gasteiger partial charge in [0, 0.05) is 39.9 Å². The van der Waals surface area contributed by atoms with Gasteiger partial charge in [0.1, 0.15) is 5.69 Å². The molecule has 4 rings (SSSR count). The highest BCUT2D eigenvalue weighted by Gasteiger charge is 2.31. The van der Waals surface area contributed by atoms with Crippen LogP contribution in [0.25, 0.3) is 11.1 Å². The van der Waals surface area contributed by atoms with Gasteiger partial charge in [-0.2, -0.15) is 5.10 Å². The summed E-state index contributed by atoms with van der Waals surface area (Å²) < 4.78 is 1.62. The average Bonchev–Trinajstić information content (AvgIpc) is 3.15. The zero-order valence-corrected chi connectivity index (χ0v) is 19.2. The van der Waals surface area contributed by atoms with Crippen LogP contribution in [-0.4, -0.2) is 58.1 Å². The highest BCUT2D eigenvalue weighted by Crippen LogP contribution is 2.24. The maximum Gasteiger partial charge on any atom is 0.274 e. The molecule has 0 unspecified atom stereocenters. The number of rotatable bonds is 4. The molecule has 0 bridgehead atoms. The third kappa shape index (κ3) is 4.74. The van der Waals surface area contributed by atoms with Crippen molar-refractivity contribution in [1.29, 1.82) is 0 Å². The van der Waals surface area contributed by atoms with Gasteiger partial charge in [-0.3, -0.25) is 14.3 Å². The van der Waals surface area contributed by atoms with Gasteiger partial charge in [0.15, 0.2) is 0 Å². The first-order chi connectivity index (χ1) is 15.3. The lowest BCUT2D eigenvalue weighted by Gasteiger charge is -2.22. The lowest BCUT2D eigenvalue weighted by molar-refractivity contribution is -0.133. The largest absolute Gasteiger partial charge is 0.344 e. The smallest absolute Gasteiger partial charge is 0.274 e. The molecule has 0 saturated carbocycles. The normalized spacial score (nSPS) is 16.9. The molecule has 2 amide bonds. The maximum atomic E-state index is 13.0. The molecule has 1 atom stereocenters. The number of carbonyl (C=O) groups is 2. The summed E-state index contributed by atoms with van der Waals surface area (Å²) >= 11 is 0. The summed E-state index contributed by atoms with van der Waals surface area (Å²) in [7, 11) is 3.61. The molecule has 3 aromatic rings. The van der Waals surface area contributed by atoms with E-state index in [-0.39, 0.29) is 17.7 Å². The maximum absolute atomic E-state index is 13.0. The van der Waals surface area contributed by atoms with E-state index < -0.39 is 0 Å². The summed E-state index contributed by atoms with van der Waals surface area (Å²) in [5.74, 6) is -0.314. The Morgan fingerprint density at radius 1 is 0.969 bits per heavy atom. The second-order valence-electron chi connectivity index (χ2n) is 8.86. The summed E-state index contributed by atoms with van der Waals surface area (Å²) in [6.07, 6.45) is 2.36. The first-order valence-corrected chi connectivity index (χ1v) is 11.0. The average molecular weight is 431 g/mol. The Kier molecular flexibility index (Phi) is 6.12. The van der Waals surface area contributed by atoms with Crippen molar-refractivity contribution in [3.8, 4) is 11.1 Å². The molecular weight excluding hydrogens is 400 g/mol. The number of likely N-dealkylation sites (N-methyl/N-ethyl adjacent to an activating group) is 1. The Morgan fingerprint density at radius 2 is 1.66 bits per heavy atom. The van der Waals surface area contributed by atoms with Crippen molar-refractivity contribution < 1.29 is 9.59 Å². The number of nitrogens with zero attached hydrogens (tertiary/aromatic N) is 4. The minimum Gasteiger partial charge on any atom is -0.344 e. The third-order valence-electron chi connectivity index (χ3n) is 6.08. The van der Waals surface area contributed by atoms with Gasteiger partial charge < -0.3 is 9.80 Å². The summed E-state index contributed by atoms with van der Waals surface area (Å²) in [6.45, 7) is 5.66. The minimum absolute atomic E-state index is 0.0831. The molecule has 1 aliphatic heterocycles. The van der Waals surface area contributed by atoms with Gasteiger partial charge in [-0.15, -0.1) is 0 Å². The molecule has 166 valence electrons. The molecule has 1 fully saturated rings. The molecule has 1 saturated heterocycles. The topological polar surface area (TPSA) is 58.4 Å². The number of hydrogen-bond acceptors (Lipinski definition) is 3. The number of aryl methyl sites for hydroxylation is 3. The van der Waals surface area contributed by atoms with Crippen molar-refractivity contribution in [3.63, 3.8) is 0 Å². The molecule has 6 heteroatoms. The predicted octanol–water partition coefficient (Wildman–Crippen LogP) is 3.48. The zero-order valence-electron chi connectivity index (χ0n) is 19.2. The summed E-state index contributed by atoms with van der Waals surface area (Å²) in [5, 5.41) is 4.24. The predicted molar refractivity (Wildman–Crippen MR) is 125 cm³/mol. The molecule has 0 aliphatic carbocycles. The van der Waals surface area contributed by atoms with Crippen LogP contribution in [0.5, 0.6) is 0 Å². The van der Waals surface area contributed by atoms with Crippen LogP contribution < -0.4 is 0 Å². The summed E-state index contributed by atoms with van der Waals surface area (Å²) in [6, 6.07) is 16.7. The highest BCUT2D eigenvalue weighted by molar-refractivity contribution is 5.93. The second-order valence-corrected chi connectivity index (χ2v) is 8.86. The van der Waals surface area contributed by atoms with E-state index >= 15 is 0 Å². The highest BCUT2D eigenvalue weighted by atomic mass is 16.2. The second kappa shape index (κ2) is 8.99. The van der Waals surface area contributed by atoms with Crippen molar-refractivity contribution in [2.24, 2.45) is 13.0 Å². The van der Waals surface area contributed by atoms with Crippen molar-refractivity contribution in [3.05, 3.63) is 77.1 Å². The van der Waals surface area contributed by atoms with Gasteiger partial charge in [-0.1, -0.05) is 53.6 Å². The number of amides is 2. The lowest BCUT2D eigenvalue weighted by atomic mass is 9.95. The van der Waals surface area contributed by atoms with Gasteiger partial charge in [-0.25, -0.2) is 0 Å². The SMILES string of the molecule is Cc1cc(C)cc(-c2ccc(C[C@@H]3CN(C(=O)c4ccn(C)n4)CCN(C)C3=O)cc2)c1.